The molecule has 12 nitrogen and oxygen atoms in total. The molecule has 12 heteroatoms. The molecule has 0 radical (unpaired) electrons. The molecule has 0 N–H and O–H groups in total. The van der Waals surface area contributed by atoms with Gasteiger partial charge in [0.05, 0.1) is 17.8 Å². The standard InChI is InChI=1S/C27H34N8O4/c1-27(2,3)39-26(37)33(5)22-13-21-20(15-29-22)24(17-14-30-32(4)16-17)31-35(21)18-7-9-19(10-8-18)38-25-28-12-11-23(36)34(25)6/h11-16,18-19H,7-10H2,1-6H3/t18-,19+. The Balaban J connectivity index is 1.44. The predicted octanol–water partition coefficient (Wildman–Crippen LogP) is 3.86. The van der Waals surface area contributed by atoms with E-state index in [9.17, 15) is 9.59 Å². The molecule has 0 aliphatic heterocycles. The molecule has 5 rings (SSSR count). The number of hydrogen-bond acceptors (Lipinski definition) is 8. The van der Waals surface area contributed by atoms with Crippen LogP contribution in [0.5, 0.6) is 6.01 Å². The highest BCUT2D eigenvalue weighted by molar-refractivity contribution is 5.95. The molecule has 1 amide bonds. The summed E-state index contributed by atoms with van der Waals surface area (Å²) in [5, 5.41) is 10.2. The van der Waals surface area contributed by atoms with E-state index < -0.39 is 11.7 Å². The molecule has 0 atom stereocenters. The molecule has 0 aromatic carbocycles. The van der Waals surface area contributed by atoms with Gasteiger partial charge in [-0.15, -0.1) is 0 Å². The van der Waals surface area contributed by atoms with E-state index in [1.807, 2.05) is 44.8 Å². The number of fused-ring (bicyclic) bond motifs is 1. The van der Waals surface area contributed by atoms with Crippen LogP contribution >= 0.6 is 0 Å². The van der Waals surface area contributed by atoms with Crippen LogP contribution in [0.3, 0.4) is 0 Å². The predicted molar refractivity (Wildman–Crippen MR) is 146 cm³/mol. The Hall–Kier alpha value is -4.22. The summed E-state index contributed by atoms with van der Waals surface area (Å²) >= 11 is 0. The Labute approximate surface area is 226 Å². The molecule has 1 fully saturated rings. The molecule has 0 saturated heterocycles. The molecule has 1 aliphatic carbocycles. The quantitative estimate of drug-likeness (QED) is 0.378. The number of carbonyl (C=O) groups is 1. The zero-order valence-corrected chi connectivity index (χ0v) is 23.2. The molecule has 0 spiro atoms. The van der Waals surface area contributed by atoms with Gasteiger partial charge in [-0.05, 0) is 46.5 Å². The van der Waals surface area contributed by atoms with Crippen molar-refractivity contribution in [2.24, 2.45) is 14.1 Å². The second kappa shape index (κ2) is 10.2. The molecule has 206 valence electrons. The molecule has 1 saturated carbocycles. The van der Waals surface area contributed by atoms with Gasteiger partial charge in [0.2, 0.25) is 0 Å². The number of nitrogens with zero attached hydrogens (tertiary/aromatic N) is 8. The van der Waals surface area contributed by atoms with Gasteiger partial charge in [-0.1, -0.05) is 0 Å². The number of aromatic nitrogens is 7. The van der Waals surface area contributed by atoms with Gasteiger partial charge < -0.3 is 9.47 Å². The summed E-state index contributed by atoms with van der Waals surface area (Å²) in [6.45, 7) is 5.49. The van der Waals surface area contributed by atoms with E-state index in [0.29, 0.717) is 11.8 Å². The Morgan fingerprint density at radius 1 is 1.10 bits per heavy atom. The number of aryl methyl sites for hydroxylation is 1. The first kappa shape index (κ1) is 26.4. The average molecular weight is 535 g/mol. The van der Waals surface area contributed by atoms with Crippen molar-refractivity contribution in [3.05, 3.63) is 47.3 Å². The van der Waals surface area contributed by atoms with Crippen molar-refractivity contribution in [1.82, 2.24) is 34.1 Å². The van der Waals surface area contributed by atoms with Crippen molar-refractivity contribution in [2.45, 2.75) is 64.2 Å². The topological polar surface area (TPSA) is 122 Å². The Kier molecular flexibility index (Phi) is 6.87. The van der Waals surface area contributed by atoms with Crippen LogP contribution < -0.4 is 15.2 Å². The summed E-state index contributed by atoms with van der Waals surface area (Å²) in [7, 11) is 5.18. The van der Waals surface area contributed by atoms with E-state index in [1.54, 1.807) is 31.2 Å². The van der Waals surface area contributed by atoms with Crippen LogP contribution in [0.1, 0.15) is 52.5 Å². The maximum absolute atomic E-state index is 12.7. The number of carbonyl (C=O) groups excluding carboxylic acids is 1. The minimum Gasteiger partial charge on any atom is -0.461 e. The second-order valence-corrected chi connectivity index (χ2v) is 11.0. The highest BCUT2D eigenvalue weighted by Gasteiger charge is 2.29. The monoisotopic (exact) mass is 534 g/mol. The molecule has 4 heterocycles. The minimum atomic E-state index is -0.618. The zero-order chi connectivity index (χ0) is 27.9. The van der Waals surface area contributed by atoms with Gasteiger partial charge in [-0.2, -0.15) is 10.2 Å². The van der Waals surface area contributed by atoms with Crippen molar-refractivity contribution in [2.75, 3.05) is 11.9 Å². The van der Waals surface area contributed by atoms with Gasteiger partial charge in [0.25, 0.3) is 11.6 Å². The van der Waals surface area contributed by atoms with Crippen LogP contribution in [0.25, 0.3) is 22.2 Å². The van der Waals surface area contributed by atoms with Crippen LogP contribution in [-0.2, 0) is 18.8 Å². The number of pyridine rings is 1. The maximum Gasteiger partial charge on any atom is 0.415 e. The van der Waals surface area contributed by atoms with E-state index in [1.165, 1.54) is 21.7 Å². The smallest absolute Gasteiger partial charge is 0.415 e. The molecule has 0 unspecified atom stereocenters. The molecular formula is C27H34N8O4. The summed E-state index contributed by atoms with van der Waals surface area (Å²) in [6, 6.07) is 3.75. The average Bonchev–Trinajstić information content (AvgIpc) is 3.49. The van der Waals surface area contributed by atoms with Gasteiger partial charge in [0.15, 0.2) is 0 Å². The Morgan fingerprint density at radius 2 is 1.85 bits per heavy atom. The van der Waals surface area contributed by atoms with E-state index in [4.69, 9.17) is 14.6 Å². The fourth-order valence-electron chi connectivity index (χ4n) is 4.79. The summed E-state index contributed by atoms with van der Waals surface area (Å²) in [5.74, 6) is 0.476. The van der Waals surface area contributed by atoms with Crippen LogP contribution in [-0.4, -0.2) is 58.9 Å². The molecule has 4 aromatic rings. The fourth-order valence-corrected chi connectivity index (χ4v) is 4.79. The lowest BCUT2D eigenvalue weighted by Gasteiger charge is -2.29. The third-order valence-electron chi connectivity index (χ3n) is 6.85. The van der Waals surface area contributed by atoms with Crippen molar-refractivity contribution < 1.29 is 14.3 Å². The van der Waals surface area contributed by atoms with Gasteiger partial charge in [-0.3, -0.25) is 23.6 Å². The largest absolute Gasteiger partial charge is 0.461 e. The van der Waals surface area contributed by atoms with Crippen LogP contribution in [0.2, 0.25) is 0 Å². The van der Waals surface area contributed by atoms with Crippen molar-refractivity contribution in [1.29, 1.82) is 0 Å². The number of rotatable bonds is 5. The Bertz CT molecular complexity index is 1560. The molecule has 39 heavy (non-hydrogen) atoms. The van der Waals surface area contributed by atoms with Crippen molar-refractivity contribution >= 4 is 22.8 Å². The normalized spacial score (nSPS) is 17.8. The summed E-state index contributed by atoms with van der Waals surface area (Å²) < 4.78 is 16.8. The third kappa shape index (κ3) is 5.50. The number of ether oxygens (including phenoxy) is 2. The highest BCUT2D eigenvalue weighted by Crippen LogP contribution is 2.36. The van der Waals surface area contributed by atoms with Crippen LogP contribution in [0.4, 0.5) is 10.6 Å². The molecular weight excluding hydrogens is 500 g/mol. The van der Waals surface area contributed by atoms with Crippen LogP contribution in [0.15, 0.2) is 41.7 Å². The van der Waals surface area contributed by atoms with E-state index in [0.717, 1.165) is 47.8 Å². The van der Waals surface area contributed by atoms with Gasteiger partial charge in [-0.25, -0.2) is 14.8 Å². The lowest BCUT2D eigenvalue weighted by atomic mass is 9.93. The first-order chi connectivity index (χ1) is 18.5. The SMILES string of the molecule is CN(C(=O)OC(C)(C)C)c1cc2c(cn1)c(-c1cnn(C)c1)nn2[C@H]1CC[C@@H](Oc2nccc(=O)n2C)CC1. The second-order valence-electron chi connectivity index (χ2n) is 11.0. The van der Waals surface area contributed by atoms with Gasteiger partial charge >= 0.3 is 6.09 Å². The van der Waals surface area contributed by atoms with Crippen molar-refractivity contribution in [3.63, 3.8) is 0 Å². The number of amides is 1. The molecule has 0 bridgehead atoms. The molecule has 4 aromatic heterocycles. The van der Waals surface area contributed by atoms with E-state index in [-0.39, 0.29) is 17.7 Å². The van der Waals surface area contributed by atoms with Crippen molar-refractivity contribution in [3.8, 4) is 17.3 Å². The Morgan fingerprint density at radius 3 is 2.51 bits per heavy atom. The summed E-state index contributed by atoms with van der Waals surface area (Å²) in [4.78, 5) is 34.9. The van der Waals surface area contributed by atoms with E-state index >= 15 is 0 Å². The third-order valence-corrected chi connectivity index (χ3v) is 6.85. The first-order valence-electron chi connectivity index (χ1n) is 13.0. The summed E-state index contributed by atoms with van der Waals surface area (Å²) in [5.41, 5.74) is 1.79. The molecule has 1 aliphatic rings. The minimum absolute atomic E-state index is 0.0445. The summed E-state index contributed by atoms with van der Waals surface area (Å²) in [6.07, 6.45) is 9.65. The maximum atomic E-state index is 12.7. The lowest BCUT2D eigenvalue weighted by molar-refractivity contribution is 0.0588. The van der Waals surface area contributed by atoms with Gasteiger partial charge in [0, 0.05) is 62.8 Å². The van der Waals surface area contributed by atoms with Crippen LogP contribution in [0, 0.1) is 0 Å². The van der Waals surface area contributed by atoms with E-state index in [2.05, 4.69) is 15.1 Å². The fraction of sp³-hybridized carbons (Fsp3) is 0.481. The zero-order valence-electron chi connectivity index (χ0n) is 23.2. The number of anilines is 1. The first-order valence-corrected chi connectivity index (χ1v) is 13.0. The lowest BCUT2D eigenvalue weighted by Crippen LogP contribution is -2.34. The van der Waals surface area contributed by atoms with Gasteiger partial charge in [0.1, 0.15) is 23.2 Å². The number of hydrogen-bond donors (Lipinski definition) is 0. The highest BCUT2D eigenvalue weighted by atomic mass is 16.6.